The molecule has 0 bridgehead atoms. The third-order valence-electron chi connectivity index (χ3n) is 6.37. The van der Waals surface area contributed by atoms with Crippen molar-refractivity contribution in [2.75, 3.05) is 32.8 Å². The first-order valence-corrected chi connectivity index (χ1v) is 11.4. The molecule has 0 aliphatic carbocycles. The van der Waals surface area contributed by atoms with Gasteiger partial charge in [-0.1, -0.05) is 6.42 Å². The molecule has 1 atom stereocenters. The van der Waals surface area contributed by atoms with Gasteiger partial charge in [0.2, 0.25) is 11.8 Å². The lowest BCUT2D eigenvalue weighted by molar-refractivity contribution is -0.137. The number of hydrogen-bond donors (Lipinski definition) is 2. The van der Waals surface area contributed by atoms with Crippen molar-refractivity contribution in [3.63, 3.8) is 0 Å². The van der Waals surface area contributed by atoms with E-state index < -0.39 is 11.5 Å². The zero-order chi connectivity index (χ0) is 22.3. The third kappa shape index (κ3) is 5.84. The van der Waals surface area contributed by atoms with Crippen molar-refractivity contribution in [3.8, 4) is 0 Å². The summed E-state index contributed by atoms with van der Waals surface area (Å²) >= 11 is 0. The molecule has 2 fully saturated rings. The molecule has 3 rings (SSSR count). The number of carbonyl (C=O) groups excluding carboxylic acids is 3. The van der Waals surface area contributed by atoms with Crippen LogP contribution in [-0.2, 0) is 20.9 Å². The van der Waals surface area contributed by atoms with E-state index in [2.05, 4.69) is 15.7 Å². The molecule has 0 radical (unpaired) electrons. The second-order valence-corrected chi connectivity index (χ2v) is 8.54. The van der Waals surface area contributed by atoms with Crippen LogP contribution in [0.15, 0.2) is 12.3 Å². The summed E-state index contributed by atoms with van der Waals surface area (Å²) in [6, 6.07) is 1.15. The van der Waals surface area contributed by atoms with Crippen LogP contribution in [0.4, 0.5) is 0 Å². The van der Waals surface area contributed by atoms with Gasteiger partial charge in [-0.05, 0) is 52.0 Å². The predicted molar refractivity (Wildman–Crippen MR) is 115 cm³/mol. The summed E-state index contributed by atoms with van der Waals surface area (Å²) in [7, 11) is 0. The van der Waals surface area contributed by atoms with Crippen LogP contribution in [0.25, 0.3) is 0 Å². The Morgan fingerprint density at radius 2 is 1.94 bits per heavy atom. The van der Waals surface area contributed by atoms with Gasteiger partial charge in [0.25, 0.3) is 5.91 Å². The molecule has 3 amide bonds. The van der Waals surface area contributed by atoms with Crippen LogP contribution >= 0.6 is 0 Å². The number of aryl methyl sites for hydroxylation is 1. The summed E-state index contributed by atoms with van der Waals surface area (Å²) in [4.78, 5) is 40.2. The Labute approximate surface area is 183 Å². The van der Waals surface area contributed by atoms with Gasteiger partial charge < -0.3 is 20.3 Å². The number of nitrogens with zero attached hydrogens (tertiary/aromatic N) is 3. The zero-order valence-electron chi connectivity index (χ0n) is 18.7. The number of piperidine rings is 1. The highest BCUT2D eigenvalue weighted by atomic mass is 16.5. The van der Waals surface area contributed by atoms with Crippen molar-refractivity contribution in [3.05, 3.63) is 18.0 Å². The smallest absolute Gasteiger partial charge is 0.274 e. The first kappa shape index (κ1) is 23.2. The number of amides is 3. The van der Waals surface area contributed by atoms with Gasteiger partial charge in [0, 0.05) is 45.6 Å². The number of rotatable bonds is 2. The molecule has 2 aliphatic heterocycles. The van der Waals surface area contributed by atoms with E-state index in [0.717, 1.165) is 25.7 Å². The normalized spacial score (nSPS) is 23.7. The van der Waals surface area contributed by atoms with Gasteiger partial charge in [-0.3, -0.25) is 19.1 Å². The van der Waals surface area contributed by atoms with Crippen molar-refractivity contribution in [2.24, 2.45) is 5.41 Å². The molecule has 1 aromatic heterocycles. The van der Waals surface area contributed by atoms with Gasteiger partial charge in [0.05, 0.1) is 5.41 Å². The molecule has 0 unspecified atom stereocenters. The minimum Gasteiger partial charge on any atom is -0.381 e. The summed E-state index contributed by atoms with van der Waals surface area (Å²) in [5.41, 5.74) is -0.131. The van der Waals surface area contributed by atoms with E-state index in [0.29, 0.717) is 57.9 Å². The molecule has 2 saturated heterocycles. The van der Waals surface area contributed by atoms with E-state index in [1.165, 1.54) is 0 Å². The van der Waals surface area contributed by atoms with Crippen LogP contribution in [0.1, 0.15) is 62.9 Å². The van der Waals surface area contributed by atoms with Gasteiger partial charge in [-0.2, -0.15) is 5.10 Å². The molecule has 172 valence electrons. The van der Waals surface area contributed by atoms with E-state index in [-0.39, 0.29) is 17.7 Å². The molecular weight excluding hydrogens is 398 g/mol. The fourth-order valence-corrected chi connectivity index (χ4v) is 4.27. The van der Waals surface area contributed by atoms with Crippen molar-refractivity contribution in [2.45, 2.75) is 65.0 Å². The SMILES string of the molecule is CCn1ccc(C(=O)N2CCC3(CCCCOCCCNC(=O)[C@H](C)NC3=O)CC2)n1. The average Bonchev–Trinajstić information content (AvgIpc) is 3.26. The summed E-state index contributed by atoms with van der Waals surface area (Å²) in [6.45, 7) is 7.23. The molecular formula is C22H35N5O4. The van der Waals surface area contributed by atoms with Crippen LogP contribution in [0.3, 0.4) is 0 Å². The number of likely N-dealkylation sites (tertiary alicyclic amines) is 1. The van der Waals surface area contributed by atoms with Crippen LogP contribution < -0.4 is 10.6 Å². The maximum absolute atomic E-state index is 13.3. The van der Waals surface area contributed by atoms with Crippen molar-refractivity contribution < 1.29 is 19.1 Å². The predicted octanol–water partition coefficient (Wildman–Crippen LogP) is 1.34. The van der Waals surface area contributed by atoms with Crippen LogP contribution in [0.5, 0.6) is 0 Å². The lowest BCUT2D eigenvalue weighted by atomic mass is 9.73. The van der Waals surface area contributed by atoms with Crippen LogP contribution in [-0.4, -0.2) is 71.3 Å². The number of carbonyl (C=O) groups is 3. The number of nitrogens with one attached hydrogen (secondary N) is 2. The fourth-order valence-electron chi connectivity index (χ4n) is 4.27. The Hall–Kier alpha value is -2.42. The van der Waals surface area contributed by atoms with Crippen LogP contribution in [0.2, 0.25) is 0 Å². The summed E-state index contributed by atoms with van der Waals surface area (Å²) in [5.74, 6) is -0.361. The minimum absolute atomic E-state index is 0.0875. The second-order valence-electron chi connectivity index (χ2n) is 8.54. The summed E-state index contributed by atoms with van der Waals surface area (Å²) in [6.07, 6.45) is 6.22. The molecule has 3 heterocycles. The topological polar surface area (TPSA) is 106 Å². The summed E-state index contributed by atoms with van der Waals surface area (Å²) < 4.78 is 7.37. The van der Waals surface area contributed by atoms with E-state index in [1.54, 1.807) is 28.8 Å². The first-order chi connectivity index (χ1) is 14.9. The Morgan fingerprint density at radius 1 is 1.19 bits per heavy atom. The molecule has 2 N–H and O–H groups in total. The highest BCUT2D eigenvalue weighted by Gasteiger charge is 2.42. The van der Waals surface area contributed by atoms with Crippen molar-refractivity contribution in [1.82, 2.24) is 25.3 Å². The van der Waals surface area contributed by atoms with Gasteiger partial charge in [0.1, 0.15) is 11.7 Å². The van der Waals surface area contributed by atoms with Gasteiger partial charge in [-0.15, -0.1) is 0 Å². The Bertz CT molecular complexity index is 770. The van der Waals surface area contributed by atoms with E-state index >= 15 is 0 Å². The van der Waals surface area contributed by atoms with Gasteiger partial charge >= 0.3 is 0 Å². The number of ether oxygens (including phenoxy) is 1. The quantitative estimate of drug-likeness (QED) is 0.732. The minimum atomic E-state index is -0.592. The zero-order valence-corrected chi connectivity index (χ0v) is 18.7. The summed E-state index contributed by atoms with van der Waals surface area (Å²) in [5, 5.41) is 10.1. The monoisotopic (exact) mass is 433 g/mol. The lowest BCUT2D eigenvalue weighted by Crippen LogP contribution is -2.54. The largest absolute Gasteiger partial charge is 0.381 e. The third-order valence-corrected chi connectivity index (χ3v) is 6.37. The molecule has 0 aromatic carbocycles. The fraction of sp³-hybridized carbons (Fsp3) is 0.727. The van der Waals surface area contributed by atoms with Crippen molar-refractivity contribution in [1.29, 1.82) is 0 Å². The van der Waals surface area contributed by atoms with Gasteiger partial charge in [-0.25, -0.2) is 0 Å². The van der Waals surface area contributed by atoms with E-state index in [4.69, 9.17) is 4.74 Å². The highest BCUT2D eigenvalue weighted by molar-refractivity contribution is 5.93. The van der Waals surface area contributed by atoms with E-state index in [1.807, 2.05) is 6.92 Å². The lowest BCUT2D eigenvalue weighted by Gasteiger charge is -2.41. The molecule has 1 spiro atoms. The van der Waals surface area contributed by atoms with Crippen molar-refractivity contribution >= 4 is 17.7 Å². The Morgan fingerprint density at radius 3 is 2.65 bits per heavy atom. The average molecular weight is 434 g/mol. The first-order valence-electron chi connectivity index (χ1n) is 11.4. The molecule has 9 heteroatoms. The standard InChI is InChI=1S/C22H35N5O4/c1-3-27-12-7-18(25-27)20(29)26-13-9-22(10-14-26)8-4-5-15-31-16-6-11-23-19(28)17(2)24-21(22)30/h7,12,17H,3-6,8-11,13-16H2,1-2H3,(H,23,28)(H,24,30)/t17-/m0/s1. The number of hydrogen-bond acceptors (Lipinski definition) is 5. The Kier molecular flexibility index (Phi) is 8.06. The highest BCUT2D eigenvalue weighted by Crippen LogP contribution is 2.37. The van der Waals surface area contributed by atoms with Crippen LogP contribution in [0, 0.1) is 5.41 Å². The molecule has 2 aliphatic rings. The Balaban J connectivity index is 1.67. The maximum atomic E-state index is 13.3. The molecule has 1 aromatic rings. The second kappa shape index (κ2) is 10.7. The molecule has 0 saturated carbocycles. The molecule has 9 nitrogen and oxygen atoms in total. The number of aromatic nitrogens is 2. The van der Waals surface area contributed by atoms with Gasteiger partial charge in [0.15, 0.2) is 0 Å². The maximum Gasteiger partial charge on any atom is 0.274 e. The molecule has 31 heavy (non-hydrogen) atoms. The van der Waals surface area contributed by atoms with E-state index in [9.17, 15) is 14.4 Å².